The largest absolute Gasteiger partial charge is 0.507 e. The molecule has 2 atom stereocenters. The normalized spacial score (nSPS) is 19.7. The van der Waals surface area contributed by atoms with Crippen molar-refractivity contribution < 1.29 is 24.2 Å². The molecule has 5 heteroatoms. The Hall–Kier alpha value is -2.82. The van der Waals surface area contributed by atoms with E-state index in [2.05, 4.69) is 41.5 Å². The Balaban J connectivity index is 2.41. The summed E-state index contributed by atoms with van der Waals surface area (Å²) >= 11 is 0. The van der Waals surface area contributed by atoms with Gasteiger partial charge in [0, 0.05) is 12.3 Å². The predicted octanol–water partition coefficient (Wildman–Crippen LogP) is 6.04. The molecule has 0 unspecified atom stereocenters. The second-order valence-electron chi connectivity index (χ2n) is 11.4. The van der Waals surface area contributed by atoms with Crippen molar-refractivity contribution in [3.8, 4) is 11.5 Å². The van der Waals surface area contributed by atoms with E-state index in [1.807, 2.05) is 36.4 Å². The minimum atomic E-state index is -1.31. The van der Waals surface area contributed by atoms with Gasteiger partial charge in [-0.05, 0) is 58.1 Å². The lowest BCUT2D eigenvalue weighted by Gasteiger charge is -2.36. The number of phenols is 1. The van der Waals surface area contributed by atoms with Gasteiger partial charge in [-0.15, -0.1) is 0 Å². The summed E-state index contributed by atoms with van der Waals surface area (Å²) in [6, 6.07) is 11.5. The molecule has 2 aromatic carbocycles. The molecular weight excluding hydrogens is 428 g/mol. The van der Waals surface area contributed by atoms with Crippen molar-refractivity contribution in [3.63, 3.8) is 0 Å². The van der Waals surface area contributed by atoms with Crippen LogP contribution in [0, 0.1) is 5.41 Å². The Labute approximate surface area is 203 Å². The van der Waals surface area contributed by atoms with Crippen molar-refractivity contribution in [3.05, 3.63) is 58.7 Å². The van der Waals surface area contributed by atoms with Gasteiger partial charge in [0.15, 0.2) is 5.78 Å². The Morgan fingerprint density at radius 1 is 0.941 bits per heavy atom. The second kappa shape index (κ2) is 9.09. The number of ketones is 1. The monoisotopic (exact) mass is 466 g/mol. The number of rotatable bonds is 5. The first kappa shape index (κ1) is 25.8. The number of carbonyl (C=O) groups is 2. The topological polar surface area (TPSA) is 72.8 Å². The number of aromatic hydroxyl groups is 1. The average molecular weight is 467 g/mol. The van der Waals surface area contributed by atoms with Gasteiger partial charge >= 0.3 is 5.97 Å². The summed E-state index contributed by atoms with van der Waals surface area (Å²) in [6.07, 6.45) is 1.40. The van der Waals surface area contributed by atoms with Crippen LogP contribution >= 0.6 is 0 Å². The zero-order valence-corrected chi connectivity index (χ0v) is 21.7. The highest BCUT2D eigenvalue weighted by Gasteiger charge is 2.56. The first-order valence-corrected chi connectivity index (χ1v) is 11.9. The molecule has 1 fully saturated rings. The van der Waals surface area contributed by atoms with Crippen LogP contribution in [0.5, 0.6) is 11.5 Å². The Morgan fingerprint density at radius 2 is 1.47 bits per heavy atom. The Kier molecular flexibility index (Phi) is 6.89. The van der Waals surface area contributed by atoms with Crippen molar-refractivity contribution in [1.29, 1.82) is 0 Å². The number of ether oxygens (including phenoxy) is 2. The fourth-order valence-electron chi connectivity index (χ4n) is 5.24. The number of esters is 1. The van der Waals surface area contributed by atoms with Crippen LogP contribution in [0.15, 0.2) is 36.4 Å². The molecule has 0 spiro atoms. The third kappa shape index (κ3) is 4.45. The maximum atomic E-state index is 13.5. The van der Waals surface area contributed by atoms with Crippen LogP contribution in [0.3, 0.4) is 0 Å². The van der Waals surface area contributed by atoms with E-state index in [9.17, 15) is 14.7 Å². The SMILES string of the molecule is COC(=O)[C@@]1([C@@H](c2ccc(OC)cc2)c2cc(C(C)(C)C)c(O)c(C(C)(C)C)c2)CCCC1=O. The Bertz CT molecular complexity index is 1030. The van der Waals surface area contributed by atoms with Crippen molar-refractivity contribution >= 4 is 11.8 Å². The molecule has 0 radical (unpaired) electrons. The van der Waals surface area contributed by atoms with Gasteiger partial charge < -0.3 is 14.6 Å². The highest BCUT2D eigenvalue weighted by Crippen LogP contribution is 2.53. The molecule has 0 aromatic heterocycles. The highest BCUT2D eigenvalue weighted by atomic mass is 16.5. The molecule has 1 N–H and O–H groups in total. The van der Waals surface area contributed by atoms with E-state index in [-0.39, 0.29) is 22.4 Å². The molecule has 34 heavy (non-hydrogen) atoms. The van der Waals surface area contributed by atoms with Crippen LogP contribution in [0.25, 0.3) is 0 Å². The fraction of sp³-hybridized carbons (Fsp3) is 0.517. The molecule has 5 nitrogen and oxygen atoms in total. The zero-order chi connectivity index (χ0) is 25.5. The first-order chi connectivity index (χ1) is 15.8. The van der Waals surface area contributed by atoms with Crippen LogP contribution in [0.2, 0.25) is 0 Å². The zero-order valence-electron chi connectivity index (χ0n) is 21.7. The van der Waals surface area contributed by atoms with Crippen LogP contribution in [-0.4, -0.2) is 31.1 Å². The second-order valence-corrected chi connectivity index (χ2v) is 11.4. The van der Waals surface area contributed by atoms with Crippen LogP contribution < -0.4 is 4.74 Å². The molecule has 1 aliphatic rings. The maximum absolute atomic E-state index is 13.5. The van der Waals surface area contributed by atoms with Gasteiger partial charge in [-0.1, -0.05) is 65.8 Å². The summed E-state index contributed by atoms with van der Waals surface area (Å²) in [4.78, 5) is 26.8. The van der Waals surface area contributed by atoms with E-state index in [0.717, 1.165) is 22.3 Å². The molecule has 2 aromatic rings. The van der Waals surface area contributed by atoms with Gasteiger partial charge in [0.2, 0.25) is 0 Å². The van der Waals surface area contributed by atoms with Crippen molar-refractivity contribution in [2.75, 3.05) is 14.2 Å². The van der Waals surface area contributed by atoms with Crippen LogP contribution in [0.4, 0.5) is 0 Å². The average Bonchev–Trinajstić information content (AvgIpc) is 3.14. The van der Waals surface area contributed by atoms with E-state index in [1.54, 1.807) is 7.11 Å². The maximum Gasteiger partial charge on any atom is 0.320 e. The number of carbonyl (C=O) groups excluding carboxylic acids is 2. The third-order valence-electron chi connectivity index (χ3n) is 7.05. The Morgan fingerprint density at radius 3 is 1.85 bits per heavy atom. The van der Waals surface area contributed by atoms with E-state index >= 15 is 0 Å². The summed E-state index contributed by atoms with van der Waals surface area (Å²) < 4.78 is 10.6. The molecule has 3 rings (SSSR count). The first-order valence-electron chi connectivity index (χ1n) is 11.9. The fourth-order valence-corrected chi connectivity index (χ4v) is 5.24. The third-order valence-corrected chi connectivity index (χ3v) is 7.05. The van der Waals surface area contributed by atoms with Gasteiger partial charge in [-0.2, -0.15) is 0 Å². The molecule has 184 valence electrons. The molecule has 0 amide bonds. The number of Topliss-reactive ketones (excluding diaryl/α,β-unsaturated/α-hetero) is 1. The summed E-state index contributed by atoms with van der Waals surface area (Å²) in [5, 5.41) is 11.3. The van der Waals surface area contributed by atoms with Gasteiger partial charge in [0.1, 0.15) is 16.9 Å². The molecule has 0 aliphatic heterocycles. The van der Waals surface area contributed by atoms with Gasteiger partial charge in [0.25, 0.3) is 0 Å². The molecule has 0 bridgehead atoms. The van der Waals surface area contributed by atoms with Crippen molar-refractivity contribution in [1.82, 2.24) is 0 Å². The van der Waals surface area contributed by atoms with E-state index < -0.39 is 17.3 Å². The quantitative estimate of drug-likeness (QED) is 0.430. The minimum Gasteiger partial charge on any atom is -0.507 e. The highest BCUT2D eigenvalue weighted by molar-refractivity contribution is 6.07. The van der Waals surface area contributed by atoms with Crippen LogP contribution in [-0.2, 0) is 25.2 Å². The number of methoxy groups -OCH3 is 2. The smallest absolute Gasteiger partial charge is 0.320 e. The lowest BCUT2D eigenvalue weighted by Crippen LogP contribution is -2.42. The lowest BCUT2D eigenvalue weighted by molar-refractivity contribution is -0.157. The molecule has 0 saturated heterocycles. The molecule has 1 saturated carbocycles. The van der Waals surface area contributed by atoms with E-state index in [1.165, 1.54) is 7.11 Å². The van der Waals surface area contributed by atoms with Crippen molar-refractivity contribution in [2.24, 2.45) is 5.41 Å². The number of hydrogen-bond donors (Lipinski definition) is 1. The summed E-state index contributed by atoms with van der Waals surface area (Å²) in [6.45, 7) is 12.3. The minimum absolute atomic E-state index is 0.0946. The number of benzene rings is 2. The van der Waals surface area contributed by atoms with E-state index in [0.29, 0.717) is 25.0 Å². The standard InChI is InChI=1S/C29H38O5/c1-27(2,3)21-16-19(17-22(25(21)31)28(4,5)6)24(18-11-13-20(33-7)14-12-18)29(26(32)34-8)15-9-10-23(29)30/h11-14,16-17,24,31H,9-10,15H2,1-8H3/t24-,29-/m0/s1. The summed E-state index contributed by atoms with van der Waals surface area (Å²) in [5.41, 5.74) is 1.25. The van der Waals surface area contributed by atoms with Crippen molar-refractivity contribution in [2.45, 2.75) is 77.6 Å². The summed E-state index contributed by atoms with van der Waals surface area (Å²) in [5.74, 6) is -0.184. The summed E-state index contributed by atoms with van der Waals surface area (Å²) in [7, 11) is 2.95. The lowest BCUT2D eigenvalue weighted by atomic mass is 9.65. The van der Waals surface area contributed by atoms with Gasteiger partial charge in [-0.25, -0.2) is 0 Å². The van der Waals surface area contributed by atoms with E-state index in [4.69, 9.17) is 9.47 Å². The van der Waals surface area contributed by atoms with Gasteiger partial charge in [-0.3, -0.25) is 9.59 Å². The van der Waals surface area contributed by atoms with Crippen LogP contribution in [0.1, 0.15) is 89.0 Å². The molecular formula is C29H38O5. The van der Waals surface area contributed by atoms with Gasteiger partial charge in [0.05, 0.1) is 14.2 Å². The molecule has 1 aliphatic carbocycles. The molecule has 0 heterocycles. The predicted molar refractivity (Wildman–Crippen MR) is 134 cm³/mol. The number of hydrogen-bond acceptors (Lipinski definition) is 5. The number of phenolic OH excluding ortho intramolecular Hbond substituents is 1.